The number of pyridine rings is 1. The fourth-order valence-corrected chi connectivity index (χ4v) is 2.99. The highest BCUT2D eigenvalue weighted by Crippen LogP contribution is 2.45. The molecule has 3 rings (SSSR count). The molecule has 0 spiro atoms. The number of aliphatic imine (C=N–C) groups is 1. The van der Waals surface area contributed by atoms with Gasteiger partial charge in [-0.05, 0) is 49.9 Å². The van der Waals surface area contributed by atoms with E-state index in [0.717, 1.165) is 28.9 Å². The molecule has 0 bridgehead atoms. The summed E-state index contributed by atoms with van der Waals surface area (Å²) in [5, 5.41) is 2.97. The predicted octanol–water partition coefficient (Wildman–Crippen LogP) is 5.52. The van der Waals surface area contributed by atoms with Crippen LogP contribution in [0.5, 0.6) is 5.88 Å². The maximum absolute atomic E-state index is 12.4. The van der Waals surface area contributed by atoms with Crippen molar-refractivity contribution in [2.24, 2.45) is 16.8 Å². The smallest absolute Gasteiger partial charge is 0.228 e. The van der Waals surface area contributed by atoms with Crippen LogP contribution in [0.15, 0.2) is 72.0 Å². The highest BCUT2D eigenvalue weighted by atomic mass is 16.5. The van der Waals surface area contributed by atoms with Gasteiger partial charge in [-0.3, -0.25) is 9.79 Å². The Labute approximate surface area is 173 Å². The molecule has 1 saturated carbocycles. The summed E-state index contributed by atoms with van der Waals surface area (Å²) in [6.45, 7) is 13.8. The molecule has 2 atom stereocenters. The summed E-state index contributed by atoms with van der Waals surface area (Å²) in [7, 11) is 0. The predicted molar refractivity (Wildman–Crippen MR) is 120 cm³/mol. The molecule has 5 nitrogen and oxygen atoms in total. The minimum Gasteiger partial charge on any atom is -0.478 e. The van der Waals surface area contributed by atoms with Gasteiger partial charge in [0, 0.05) is 41.0 Å². The third kappa shape index (κ3) is 5.88. The normalized spacial score (nSPS) is 17.4. The number of ether oxygens (including phenoxy) is 1. The van der Waals surface area contributed by atoms with Crippen LogP contribution in [0.3, 0.4) is 0 Å². The van der Waals surface area contributed by atoms with Crippen molar-refractivity contribution in [3.63, 3.8) is 0 Å². The standard InChI is InChI=1S/C22H23N3O2.C2H6/c1-4-6-20(23-3)18-13-19(18)22(26)25-17-10-7-15(8-11-17)16-9-12-21(24-14-16)27-5-2;1-2/h4,6-12,14,18-19H,1,3,5,13H2,2H3,(H,25,26);1-2H3/b20-6-;. The van der Waals surface area contributed by atoms with Gasteiger partial charge in [-0.25, -0.2) is 4.98 Å². The van der Waals surface area contributed by atoms with Crippen molar-refractivity contribution in [3.8, 4) is 17.0 Å². The third-order valence-electron chi connectivity index (χ3n) is 4.49. The second kappa shape index (κ2) is 11.0. The number of carbonyl (C=O) groups excluding carboxylic acids is 1. The fraction of sp³-hybridized carbons (Fsp3) is 0.292. The minimum atomic E-state index is -0.0586. The van der Waals surface area contributed by atoms with Gasteiger partial charge in [0.05, 0.1) is 6.61 Å². The molecular formula is C24H29N3O2. The van der Waals surface area contributed by atoms with Crippen LogP contribution in [-0.4, -0.2) is 24.2 Å². The second-order valence-electron chi connectivity index (χ2n) is 6.32. The number of hydrogen-bond donors (Lipinski definition) is 1. The topological polar surface area (TPSA) is 63.6 Å². The summed E-state index contributed by atoms with van der Waals surface area (Å²) in [6.07, 6.45) is 6.06. The molecule has 0 aliphatic heterocycles. The van der Waals surface area contributed by atoms with Gasteiger partial charge in [0.15, 0.2) is 0 Å². The Kier molecular flexibility index (Phi) is 8.34. The van der Waals surface area contributed by atoms with Crippen LogP contribution in [0, 0.1) is 11.8 Å². The molecule has 0 radical (unpaired) electrons. The van der Waals surface area contributed by atoms with E-state index >= 15 is 0 Å². The lowest BCUT2D eigenvalue weighted by Gasteiger charge is -2.07. The minimum absolute atomic E-state index is 0.00842. The highest BCUT2D eigenvalue weighted by Gasteiger charge is 2.45. The van der Waals surface area contributed by atoms with Crippen molar-refractivity contribution in [1.29, 1.82) is 0 Å². The second-order valence-corrected chi connectivity index (χ2v) is 6.32. The van der Waals surface area contributed by atoms with E-state index in [-0.39, 0.29) is 17.7 Å². The summed E-state index contributed by atoms with van der Waals surface area (Å²) in [4.78, 5) is 20.7. The Morgan fingerprint density at radius 2 is 1.90 bits per heavy atom. The highest BCUT2D eigenvalue weighted by molar-refractivity contribution is 5.95. The lowest BCUT2D eigenvalue weighted by molar-refractivity contribution is -0.117. The van der Waals surface area contributed by atoms with Gasteiger partial charge in [-0.15, -0.1) is 0 Å². The van der Waals surface area contributed by atoms with Crippen LogP contribution in [0.4, 0.5) is 5.69 Å². The van der Waals surface area contributed by atoms with E-state index in [1.807, 2.05) is 63.2 Å². The zero-order valence-electron chi connectivity index (χ0n) is 17.4. The van der Waals surface area contributed by atoms with Crippen molar-refractivity contribution in [2.45, 2.75) is 27.2 Å². The van der Waals surface area contributed by atoms with Crippen LogP contribution in [-0.2, 0) is 4.79 Å². The van der Waals surface area contributed by atoms with E-state index in [2.05, 4.69) is 28.6 Å². The Bertz CT molecular complexity index is 855. The molecule has 152 valence electrons. The Hall–Kier alpha value is -3.21. The summed E-state index contributed by atoms with van der Waals surface area (Å²) < 4.78 is 5.36. The molecule has 1 amide bonds. The number of carbonyl (C=O) groups is 1. The Balaban J connectivity index is 0.00000145. The number of allylic oxidation sites excluding steroid dienone is 3. The molecule has 0 saturated heterocycles. The monoisotopic (exact) mass is 391 g/mol. The maximum atomic E-state index is 12.4. The van der Waals surface area contributed by atoms with Gasteiger partial charge < -0.3 is 10.1 Å². The quantitative estimate of drug-likeness (QED) is 0.476. The molecular weight excluding hydrogens is 362 g/mol. The molecule has 29 heavy (non-hydrogen) atoms. The molecule has 1 aliphatic rings. The van der Waals surface area contributed by atoms with Gasteiger partial charge >= 0.3 is 0 Å². The van der Waals surface area contributed by atoms with Gasteiger partial charge in [-0.1, -0.05) is 38.6 Å². The SMILES string of the molecule is C=C/C=C(\N=C)C1CC1C(=O)Nc1ccc(-c2ccc(OCC)nc2)cc1.CC. The zero-order valence-corrected chi connectivity index (χ0v) is 17.4. The number of anilines is 1. The molecule has 1 N–H and O–H groups in total. The van der Waals surface area contributed by atoms with Crippen LogP contribution in [0.25, 0.3) is 11.1 Å². The first-order valence-corrected chi connectivity index (χ1v) is 9.95. The molecule has 1 heterocycles. The van der Waals surface area contributed by atoms with Gasteiger partial charge in [0.25, 0.3) is 0 Å². The van der Waals surface area contributed by atoms with Crippen molar-refractivity contribution in [2.75, 3.05) is 11.9 Å². The number of nitrogens with zero attached hydrogens (tertiary/aromatic N) is 2. The van der Waals surface area contributed by atoms with Gasteiger partial charge in [0.2, 0.25) is 11.8 Å². The lowest BCUT2D eigenvalue weighted by Crippen LogP contribution is -2.15. The van der Waals surface area contributed by atoms with Crippen molar-refractivity contribution in [1.82, 2.24) is 4.98 Å². The van der Waals surface area contributed by atoms with Gasteiger partial charge in [-0.2, -0.15) is 0 Å². The van der Waals surface area contributed by atoms with E-state index in [1.54, 1.807) is 12.3 Å². The lowest BCUT2D eigenvalue weighted by atomic mass is 10.1. The summed E-state index contributed by atoms with van der Waals surface area (Å²) in [6, 6.07) is 11.5. The first kappa shape index (κ1) is 22.1. The van der Waals surface area contributed by atoms with Crippen molar-refractivity contribution < 1.29 is 9.53 Å². The van der Waals surface area contributed by atoms with E-state index in [1.165, 1.54) is 0 Å². The average Bonchev–Trinajstić information content (AvgIpc) is 3.56. The summed E-state index contributed by atoms with van der Waals surface area (Å²) in [5.41, 5.74) is 3.62. The summed E-state index contributed by atoms with van der Waals surface area (Å²) >= 11 is 0. The Morgan fingerprint density at radius 1 is 1.21 bits per heavy atom. The van der Waals surface area contributed by atoms with Crippen LogP contribution < -0.4 is 10.1 Å². The number of rotatable bonds is 8. The van der Waals surface area contributed by atoms with Crippen LogP contribution >= 0.6 is 0 Å². The first-order valence-electron chi connectivity index (χ1n) is 9.95. The first-order chi connectivity index (χ1) is 14.2. The van der Waals surface area contributed by atoms with Gasteiger partial charge in [0.1, 0.15) is 0 Å². The Morgan fingerprint density at radius 3 is 2.45 bits per heavy atom. The van der Waals surface area contributed by atoms with Crippen LogP contribution in [0.1, 0.15) is 27.2 Å². The third-order valence-corrected chi connectivity index (χ3v) is 4.49. The van der Waals surface area contributed by atoms with Crippen molar-refractivity contribution >= 4 is 18.3 Å². The number of amides is 1. The number of hydrogen-bond acceptors (Lipinski definition) is 4. The van der Waals surface area contributed by atoms with E-state index in [0.29, 0.717) is 12.5 Å². The average molecular weight is 392 g/mol. The molecule has 2 aromatic rings. The fourth-order valence-electron chi connectivity index (χ4n) is 2.99. The number of aromatic nitrogens is 1. The molecule has 1 aliphatic carbocycles. The van der Waals surface area contributed by atoms with Crippen LogP contribution in [0.2, 0.25) is 0 Å². The molecule has 1 fully saturated rings. The molecule has 5 heteroatoms. The zero-order chi connectivity index (χ0) is 21.2. The number of benzene rings is 1. The van der Waals surface area contributed by atoms with E-state index in [9.17, 15) is 4.79 Å². The van der Waals surface area contributed by atoms with Crippen molar-refractivity contribution in [3.05, 3.63) is 67.0 Å². The summed E-state index contributed by atoms with van der Waals surface area (Å²) in [5.74, 6) is 0.698. The molecule has 2 unspecified atom stereocenters. The largest absolute Gasteiger partial charge is 0.478 e. The molecule has 1 aromatic heterocycles. The molecule has 1 aromatic carbocycles. The van der Waals surface area contributed by atoms with E-state index < -0.39 is 0 Å². The van der Waals surface area contributed by atoms with E-state index in [4.69, 9.17) is 4.74 Å². The number of nitrogens with one attached hydrogen (secondary N) is 1. The maximum Gasteiger partial charge on any atom is 0.228 e.